The smallest absolute Gasteiger partial charge is 0.173 e. The van der Waals surface area contributed by atoms with Gasteiger partial charge in [0.1, 0.15) is 0 Å². The summed E-state index contributed by atoms with van der Waals surface area (Å²) in [5.74, 6) is -0.277. The number of aryl methyl sites for hydroxylation is 1. The summed E-state index contributed by atoms with van der Waals surface area (Å²) in [5, 5.41) is 0. The van der Waals surface area contributed by atoms with Crippen LogP contribution in [0.2, 0.25) is 0 Å². The predicted octanol–water partition coefficient (Wildman–Crippen LogP) is 1.78. The van der Waals surface area contributed by atoms with Crippen molar-refractivity contribution in [2.24, 2.45) is 0 Å². The molecule has 0 radical (unpaired) electrons. The van der Waals surface area contributed by atoms with Gasteiger partial charge in [0.25, 0.3) is 0 Å². The molecule has 0 amide bonds. The average Bonchev–Trinajstić information content (AvgIpc) is 2.31. The predicted molar refractivity (Wildman–Crippen MR) is 39.9 cm³/mol. The number of rotatable bonds is 0. The highest BCUT2D eigenvalue weighted by Crippen LogP contribution is 2.07. The van der Waals surface area contributed by atoms with Gasteiger partial charge in [-0.05, 0) is 19.1 Å². The van der Waals surface area contributed by atoms with E-state index in [1.165, 1.54) is 6.07 Å². The second-order valence-electron chi connectivity index (χ2n) is 2.47. The van der Waals surface area contributed by atoms with Gasteiger partial charge in [0.2, 0.25) is 0 Å². The Labute approximate surface area is 63.3 Å². The lowest BCUT2D eigenvalue weighted by molar-refractivity contribution is 0.630. The van der Waals surface area contributed by atoms with Gasteiger partial charge in [-0.2, -0.15) is 0 Å². The fourth-order valence-electron chi connectivity index (χ4n) is 1.10. The molecule has 3 heteroatoms. The quantitative estimate of drug-likeness (QED) is 0.559. The highest BCUT2D eigenvalue weighted by atomic mass is 19.1. The summed E-state index contributed by atoms with van der Waals surface area (Å²) in [4.78, 5) is 4.00. The number of nitrogens with zero attached hydrogens (tertiary/aromatic N) is 2. The van der Waals surface area contributed by atoms with Crippen LogP contribution in [-0.2, 0) is 0 Å². The number of fused-ring (bicyclic) bond motifs is 1. The Bertz CT molecular complexity index is 392. The third kappa shape index (κ3) is 0.888. The Hall–Kier alpha value is -1.38. The minimum absolute atomic E-state index is 0.277. The minimum Gasteiger partial charge on any atom is -0.304 e. The van der Waals surface area contributed by atoms with Crippen molar-refractivity contribution >= 4 is 5.65 Å². The lowest BCUT2D eigenvalue weighted by Gasteiger charge is -1.90. The van der Waals surface area contributed by atoms with E-state index in [-0.39, 0.29) is 5.82 Å². The molecule has 2 heterocycles. The summed E-state index contributed by atoms with van der Waals surface area (Å²) < 4.78 is 14.6. The topological polar surface area (TPSA) is 17.3 Å². The molecule has 11 heavy (non-hydrogen) atoms. The molecule has 0 saturated heterocycles. The largest absolute Gasteiger partial charge is 0.304 e. The molecule has 2 nitrogen and oxygen atoms in total. The molecule has 0 unspecified atom stereocenters. The van der Waals surface area contributed by atoms with Crippen LogP contribution in [0.25, 0.3) is 5.65 Å². The molecule has 0 saturated carbocycles. The van der Waals surface area contributed by atoms with Gasteiger partial charge in [-0.3, -0.25) is 0 Å². The molecule has 0 bridgehead atoms. The Morgan fingerprint density at radius 3 is 3.09 bits per heavy atom. The van der Waals surface area contributed by atoms with Crippen molar-refractivity contribution < 1.29 is 4.39 Å². The van der Waals surface area contributed by atoms with Crippen LogP contribution >= 0.6 is 0 Å². The van der Waals surface area contributed by atoms with Crippen LogP contribution in [-0.4, -0.2) is 9.38 Å². The fourth-order valence-corrected chi connectivity index (χ4v) is 1.10. The molecule has 0 spiro atoms. The maximum Gasteiger partial charge on any atom is 0.173 e. The van der Waals surface area contributed by atoms with Crippen LogP contribution in [0.1, 0.15) is 5.69 Å². The molecule has 0 fully saturated rings. The van der Waals surface area contributed by atoms with Crippen LogP contribution < -0.4 is 0 Å². The Kier molecular flexibility index (Phi) is 1.18. The van der Waals surface area contributed by atoms with Crippen molar-refractivity contribution in [3.63, 3.8) is 0 Å². The van der Waals surface area contributed by atoms with Gasteiger partial charge in [0.15, 0.2) is 11.5 Å². The Balaban J connectivity index is 2.90. The van der Waals surface area contributed by atoms with E-state index < -0.39 is 0 Å². The number of hydrogen-bond acceptors (Lipinski definition) is 1. The number of pyridine rings is 1. The lowest BCUT2D eigenvalue weighted by Crippen LogP contribution is -1.84. The van der Waals surface area contributed by atoms with Gasteiger partial charge >= 0.3 is 0 Å². The van der Waals surface area contributed by atoms with Crippen molar-refractivity contribution in [3.8, 4) is 0 Å². The average molecular weight is 150 g/mol. The van der Waals surface area contributed by atoms with Gasteiger partial charge in [-0.25, -0.2) is 9.37 Å². The van der Waals surface area contributed by atoms with Crippen LogP contribution in [0.3, 0.4) is 0 Å². The van der Waals surface area contributed by atoms with E-state index in [0.29, 0.717) is 5.65 Å². The number of imidazole rings is 1. The van der Waals surface area contributed by atoms with Gasteiger partial charge in [-0.15, -0.1) is 0 Å². The second-order valence-corrected chi connectivity index (χ2v) is 2.47. The summed E-state index contributed by atoms with van der Waals surface area (Å²) >= 11 is 0. The molecule has 0 N–H and O–H groups in total. The molecule has 0 aliphatic carbocycles. The summed E-state index contributed by atoms with van der Waals surface area (Å²) in [6.45, 7) is 1.84. The molecular weight excluding hydrogens is 143 g/mol. The molecule has 0 atom stereocenters. The zero-order chi connectivity index (χ0) is 7.84. The number of hydrogen-bond donors (Lipinski definition) is 0. The third-order valence-electron chi connectivity index (χ3n) is 1.56. The first kappa shape index (κ1) is 6.34. The Morgan fingerprint density at radius 1 is 1.55 bits per heavy atom. The van der Waals surface area contributed by atoms with Crippen molar-refractivity contribution in [3.05, 3.63) is 36.0 Å². The third-order valence-corrected chi connectivity index (χ3v) is 1.56. The molecule has 56 valence electrons. The summed E-state index contributed by atoms with van der Waals surface area (Å²) in [6.07, 6.45) is 3.57. The van der Waals surface area contributed by atoms with Crippen LogP contribution in [0.4, 0.5) is 4.39 Å². The molecular formula is C8H7FN2. The molecule has 0 aliphatic heterocycles. The second kappa shape index (κ2) is 2.05. The van der Waals surface area contributed by atoms with Crippen LogP contribution in [0.15, 0.2) is 24.5 Å². The highest BCUT2D eigenvalue weighted by molar-refractivity contribution is 5.40. The molecule has 0 aliphatic rings. The zero-order valence-corrected chi connectivity index (χ0v) is 6.08. The summed E-state index contributed by atoms with van der Waals surface area (Å²) in [7, 11) is 0. The lowest BCUT2D eigenvalue weighted by atomic mass is 10.4. The molecule has 0 aromatic carbocycles. The maximum atomic E-state index is 12.9. The minimum atomic E-state index is -0.277. The van der Waals surface area contributed by atoms with E-state index in [4.69, 9.17) is 0 Å². The fraction of sp³-hybridized carbons (Fsp3) is 0.125. The Morgan fingerprint density at radius 2 is 2.36 bits per heavy atom. The van der Waals surface area contributed by atoms with E-state index in [0.717, 1.165) is 5.69 Å². The number of aromatic nitrogens is 2. The van der Waals surface area contributed by atoms with Gasteiger partial charge in [0.05, 0.1) is 5.69 Å². The maximum absolute atomic E-state index is 12.9. The summed E-state index contributed by atoms with van der Waals surface area (Å²) in [5.41, 5.74) is 1.22. The van der Waals surface area contributed by atoms with Crippen LogP contribution in [0, 0.1) is 12.7 Å². The van der Waals surface area contributed by atoms with Gasteiger partial charge in [-0.1, -0.05) is 0 Å². The van der Waals surface area contributed by atoms with E-state index >= 15 is 0 Å². The van der Waals surface area contributed by atoms with E-state index in [9.17, 15) is 4.39 Å². The standard InChI is InChI=1S/C8H7FN2/c1-6-5-11-4-2-3-7(9)8(11)10-6/h2-5H,1H3. The zero-order valence-electron chi connectivity index (χ0n) is 6.08. The van der Waals surface area contributed by atoms with Crippen LogP contribution in [0.5, 0.6) is 0 Å². The first-order valence-electron chi connectivity index (χ1n) is 3.37. The normalized spacial score (nSPS) is 10.7. The first-order valence-corrected chi connectivity index (χ1v) is 3.37. The SMILES string of the molecule is Cc1cn2cccc(F)c2n1. The first-order chi connectivity index (χ1) is 5.27. The van der Waals surface area contributed by atoms with Crippen molar-refractivity contribution in [2.75, 3.05) is 0 Å². The molecule has 2 aromatic heterocycles. The van der Waals surface area contributed by atoms with Gasteiger partial charge in [0, 0.05) is 12.4 Å². The molecule has 2 rings (SSSR count). The van der Waals surface area contributed by atoms with E-state index in [1.54, 1.807) is 22.9 Å². The van der Waals surface area contributed by atoms with E-state index in [1.807, 2.05) is 6.92 Å². The summed E-state index contributed by atoms with van der Waals surface area (Å²) in [6, 6.07) is 3.06. The van der Waals surface area contributed by atoms with Crippen molar-refractivity contribution in [1.29, 1.82) is 0 Å². The number of halogens is 1. The monoisotopic (exact) mass is 150 g/mol. The van der Waals surface area contributed by atoms with E-state index in [2.05, 4.69) is 4.98 Å². The van der Waals surface area contributed by atoms with Crippen molar-refractivity contribution in [1.82, 2.24) is 9.38 Å². The highest BCUT2D eigenvalue weighted by Gasteiger charge is 2.01. The van der Waals surface area contributed by atoms with Crippen molar-refractivity contribution in [2.45, 2.75) is 6.92 Å². The van der Waals surface area contributed by atoms with Gasteiger partial charge < -0.3 is 4.40 Å². The molecule has 2 aromatic rings.